The molecule has 1 amide bonds. The molecule has 3 aromatic rings. The zero-order valence-corrected chi connectivity index (χ0v) is 13.5. The predicted octanol–water partition coefficient (Wildman–Crippen LogP) is 0.693. The van der Waals surface area contributed by atoms with E-state index in [1.54, 1.807) is 50.8 Å². The summed E-state index contributed by atoms with van der Waals surface area (Å²) in [6.45, 7) is 1.87. The van der Waals surface area contributed by atoms with Gasteiger partial charge in [-0.15, -0.1) is 0 Å². The number of pyridine rings is 1. The topological polar surface area (TPSA) is 87.1 Å². The van der Waals surface area contributed by atoms with Gasteiger partial charge in [0.25, 0.3) is 11.8 Å². The van der Waals surface area contributed by atoms with Crippen LogP contribution in [0.2, 0.25) is 0 Å². The van der Waals surface area contributed by atoms with E-state index >= 15 is 0 Å². The minimum absolute atomic E-state index is 0.257. The quantitative estimate of drug-likeness (QED) is 0.694. The molecule has 0 radical (unpaired) electrons. The van der Waals surface area contributed by atoms with Gasteiger partial charge >= 0.3 is 0 Å². The second-order valence-corrected chi connectivity index (χ2v) is 5.33. The fourth-order valence-electron chi connectivity index (χ4n) is 2.30. The van der Waals surface area contributed by atoms with Gasteiger partial charge < -0.3 is 0 Å². The highest BCUT2D eigenvalue weighted by Gasteiger charge is 2.14. The Hall–Kier alpha value is -3.29. The molecule has 0 aliphatic carbocycles. The van der Waals surface area contributed by atoms with Crippen LogP contribution in [0.25, 0.3) is 0 Å². The maximum absolute atomic E-state index is 12.7. The molecule has 0 aliphatic rings. The molecule has 0 saturated heterocycles. The van der Waals surface area contributed by atoms with E-state index in [-0.39, 0.29) is 11.4 Å². The fraction of sp³-hybridized carbons (Fsp3) is 0.188. The maximum Gasteiger partial charge on any atom is 0.297 e. The smallest absolute Gasteiger partial charge is 0.266 e. The van der Waals surface area contributed by atoms with Crippen molar-refractivity contribution in [2.24, 2.45) is 19.1 Å². The zero-order chi connectivity index (χ0) is 17.3. The highest BCUT2D eigenvalue weighted by molar-refractivity contribution is 5.95. The standard InChI is InChI=1S/C16H16N6O2/c1-11-6-9-22(16(24)13-5-8-18-21(13)3)14(10-11)19-15(23)12-4-7-17-20(12)2/h4-10H,1-3H3. The Balaban J connectivity index is 2.11. The number of aromatic nitrogens is 5. The molecule has 0 saturated carbocycles. The first-order valence-electron chi connectivity index (χ1n) is 7.26. The van der Waals surface area contributed by atoms with Crippen LogP contribution in [0.3, 0.4) is 0 Å². The monoisotopic (exact) mass is 324 g/mol. The zero-order valence-electron chi connectivity index (χ0n) is 13.5. The van der Waals surface area contributed by atoms with Crippen molar-refractivity contribution >= 4 is 11.8 Å². The third kappa shape index (κ3) is 2.81. The van der Waals surface area contributed by atoms with Crippen LogP contribution in [0.15, 0.2) is 47.8 Å². The van der Waals surface area contributed by atoms with Crippen LogP contribution in [0.1, 0.15) is 26.5 Å². The summed E-state index contributed by atoms with van der Waals surface area (Å²) in [4.78, 5) is 29.2. The Labute approximate surface area is 137 Å². The number of amides is 1. The van der Waals surface area contributed by atoms with Crippen molar-refractivity contribution in [3.8, 4) is 0 Å². The number of hydrogen-bond donors (Lipinski definition) is 0. The largest absolute Gasteiger partial charge is 0.297 e. The number of aryl methyl sites for hydroxylation is 3. The summed E-state index contributed by atoms with van der Waals surface area (Å²) in [5.41, 5.74) is 1.89. The molecule has 3 rings (SSSR count). The van der Waals surface area contributed by atoms with Gasteiger partial charge in [-0.25, -0.2) is 0 Å². The number of nitrogens with zero attached hydrogens (tertiary/aromatic N) is 6. The van der Waals surface area contributed by atoms with Crippen LogP contribution in [-0.2, 0) is 14.1 Å². The minimum atomic E-state index is -0.466. The molecular formula is C16H16N6O2. The molecule has 0 N–H and O–H groups in total. The van der Waals surface area contributed by atoms with Crippen molar-refractivity contribution in [1.82, 2.24) is 24.1 Å². The second-order valence-electron chi connectivity index (χ2n) is 5.33. The first kappa shape index (κ1) is 15.6. The summed E-state index contributed by atoms with van der Waals surface area (Å²) >= 11 is 0. The molecule has 0 aromatic carbocycles. The lowest BCUT2D eigenvalue weighted by molar-refractivity contribution is 0.0944. The number of hydrogen-bond acceptors (Lipinski definition) is 4. The van der Waals surface area contributed by atoms with Crippen molar-refractivity contribution in [3.63, 3.8) is 0 Å². The van der Waals surface area contributed by atoms with Gasteiger partial charge in [-0.2, -0.15) is 15.2 Å². The Kier molecular flexibility index (Phi) is 3.95. The van der Waals surface area contributed by atoms with Crippen LogP contribution < -0.4 is 5.49 Å². The Morgan fingerprint density at radius 3 is 2.21 bits per heavy atom. The summed E-state index contributed by atoms with van der Waals surface area (Å²) in [6, 6.07) is 6.65. The summed E-state index contributed by atoms with van der Waals surface area (Å²) < 4.78 is 4.25. The fourth-order valence-corrected chi connectivity index (χ4v) is 2.30. The number of rotatable bonds is 2. The van der Waals surface area contributed by atoms with Crippen molar-refractivity contribution in [1.29, 1.82) is 0 Å². The molecule has 122 valence electrons. The van der Waals surface area contributed by atoms with Gasteiger partial charge in [-0.3, -0.25) is 23.5 Å². The Morgan fingerprint density at radius 2 is 1.62 bits per heavy atom. The molecule has 3 heterocycles. The third-order valence-corrected chi connectivity index (χ3v) is 3.61. The predicted molar refractivity (Wildman–Crippen MR) is 85.2 cm³/mol. The lowest BCUT2D eigenvalue weighted by Crippen LogP contribution is -2.30. The van der Waals surface area contributed by atoms with E-state index in [0.29, 0.717) is 11.4 Å². The summed E-state index contributed by atoms with van der Waals surface area (Å²) in [6.07, 6.45) is 4.66. The summed E-state index contributed by atoms with van der Waals surface area (Å²) in [5, 5.41) is 7.95. The van der Waals surface area contributed by atoms with Gasteiger partial charge in [-0.05, 0) is 36.8 Å². The lowest BCUT2D eigenvalue weighted by Gasteiger charge is -2.07. The van der Waals surface area contributed by atoms with Crippen molar-refractivity contribution in [2.45, 2.75) is 6.92 Å². The Morgan fingerprint density at radius 1 is 1.00 bits per heavy atom. The SMILES string of the molecule is Cc1ccn(C(=O)c2ccnn2C)c(=NC(=O)c2ccnn2C)c1. The molecule has 0 bridgehead atoms. The van der Waals surface area contributed by atoms with Crippen LogP contribution in [0.5, 0.6) is 0 Å². The van der Waals surface area contributed by atoms with Crippen LogP contribution in [0.4, 0.5) is 0 Å². The van der Waals surface area contributed by atoms with Crippen LogP contribution >= 0.6 is 0 Å². The van der Waals surface area contributed by atoms with Gasteiger partial charge in [0.2, 0.25) is 0 Å². The molecule has 8 heteroatoms. The molecule has 0 spiro atoms. The molecule has 0 aliphatic heterocycles. The van der Waals surface area contributed by atoms with Gasteiger partial charge in [0.1, 0.15) is 16.9 Å². The summed E-state index contributed by atoms with van der Waals surface area (Å²) in [5.74, 6) is -0.779. The highest BCUT2D eigenvalue weighted by Crippen LogP contribution is 2.02. The van der Waals surface area contributed by atoms with Crippen molar-refractivity contribution in [2.75, 3.05) is 0 Å². The minimum Gasteiger partial charge on any atom is -0.266 e. The third-order valence-electron chi connectivity index (χ3n) is 3.61. The van der Waals surface area contributed by atoms with E-state index in [0.717, 1.165) is 5.56 Å². The maximum atomic E-state index is 12.7. The molecule has 0 atom stereocenters. The molecule has 0 fully saturated rings. The number of carbonyl (C=O) groups excluding carboxylic acids is 2. The highest BCUT2D eigenvalue weighted by atomic mass is 16.2. The lowest BCUT2D eigenvalue weighted by atomic mass is 10.3. The van der Waals surface area contributed by atoms with Gasteiger partial charge in [-0.1, -0.05) is 0 Å². The van der Waals surface area contributed by atoms with Gasteiger partial charge in [0.05, 0.1) is 0 Å². The average Bonchev–Trinajstić information content (AvgIpc) is 3.15. The molecule has 3 aromatic heterocycles. The first-order chi connectivity index (χ1) is 11.5. The van der Waals surface area contributed by atoms with E-state index < -0.39 is 5.91 Å². The van der Waals surface area contributed by atoms with Crippen LogP contribution in [-0.4, -0.2) is 35.9 Å². The number of carbonyl (C=O) groups is 2. The van der Waals surface area contributed by atoms with Gasteiger partial charge in [0.15, 0.2) is 0 Å². The van der Waals surface area contributed by atoms with Crippen molar-refractivity contribution < 1.29 is 9.59 Å². The Bertz CT molecular complexity index is 992. The van der Waals surface area contributed by atoms with E-state index in [1.807, 2.05) is 6.92 Å². The van der Waals surface area contributed by atoms with E-state index in [9.17, 15) is 9.59 Å². The van der Waals surface area contributed by atoms with Crippen molar-refractivity contribution in [3.05, 3.63) is 65.3 Å². The molecule has 8 nitrogen and oxygen atoms in total. The molecule has 24 heavy (non-hydrogen) atoms. The van der Waals surface area contributed by atoms with Crippen LogP contribution in [0, 0.1) is 6.92 Å². The summed E-state index contributed by atoms with van der Waals surface area (Å²) in [7, 11) is 3.34. The van der Waals surface area contributed by atoms with Gasteiger partial charge in [0, 0.05) is 32.7 Å². The normalized spacial score (nSPS) is 11.7. The average molecular weight is 324 g/mol. The molecule has 0 unspecified atom stereocenters. The molecular weight excluding hydrogens is 308 g/mol. The van der Waals surface area contributed by atoms with E-state index in [4.69, 9.17) is 0 Å². The van der Waals surface area contributed by atoms with E-state index in [2.05, 4.69) is 15.2 Å². The van der Waals surface area contributed by atoms with E-state index in [1.165, 1.54) is 20.1 Å². The second kappa shape index (κ2) is 6.07. The first-order valence-corrected chi connectivity index (χ1v) is 7.26.